The number of carbonyl (C=O) groups is 3. The van der Waals surface area contributed by atoms with Crippen LogP contribution in [0.25, 0.3) is 0 Å². The normalized spacial score (nSPS) is 13.0. The molecule has 148 valence electrons. The zero-order chi connectivity index (χ0) is 21.1. The lowest BCUT2D eigenvalue weighted by molar-refractivity contribution is -0.119. The predicted octanol–water partition coefficient (Wildman–Crippen LogP) is 4.51. The van der Waals surface area contributed by atoms with E-state index in [4.69, 9.17) is 4.74 Å². The highest BCUT2D eigenvalue weighted by Gasteiger charge is 2.24. The Balaban J connectivity index is 1.43. The van der Waals surface area contributed by atoms with E-state index in [9.17, 15) is 14.4 Å². The summed E-state index contributed by atoms with van der Waals surface area (Å²) in [4.78, 5) is 39.2. The molecule has 0 N–H and O–H groups in total. The zero-order valence-corrected chi connectivity index (χ0v) is 16.9. The monoisotopic (exact) mass is 415 g/mol. The van der Waals surface area contributed by atoms with Crippen molar-refractivity contribution in [3.8, 4) is 5.75 Å². The van der Waals surface area contributed by atoms with Crippen LogP contribution < -0.4 is 9.64 Å². The summed E-state index contributed by atoms with van der Waals surface area (Å²) in [6, 6.07) is 21.6. The van der Waals surface area contributed by atoms with Crippen LogP contribution in [0, 0.1) is 0 Å². The Labute approximate surface area is 178 Å². The Bertz CT molecular complexity index is 1120. The summed E-state index contributed by atoms with van der Waals surface area (Å²) in [6.45, 7) is 0. The fourth-order valence-electron chi connectivity index (χ4n) is 3.04. The first-order chi connectivity index (χ1) is 14.5. The van der Waals surface area contributed by atoms with Crippen LogP contribution in [-0.4, -0.2) is 24.7 Å². The molecule has 0 fully saturated rings. The number of anilines is 1. The van der Waals surface area contributed by atoms with Crippen molar-refractivity contribution in [1.82, 2.24) is 0 Å². The molecule has 30 heavy (non-hydrogen) atoms. The highest BCUT2D eigenvalue weighted by atomic mass is 32.2. The van der Waals surface area contributed by atoms with Gasteiger partial charge in [-0.05, 0) is 72.8 Å². The second kappa shape index (κ2) is 8.39. The standard InChI is InChI=1S/C24H17NO4S/c1-29-19-8-2-16(3-9-19)24(28)17-4-10-20(11-5-17)30-21-12-6-18(7-13-21)25-22(26)14-15-23(25)27/h2-15H,1H3. The van der Waals surface area contributed by atoms with Crippen LogP contribution in [0.2, 0.25) is 0 Å². The van der Waals surface area contributed by atoms with Crippen LogP contribution in [0.4, 0.5) is 5.69 Å². The van der Waals surface area contributed by atoms with Gasteiger partial charge in [-0.1, -0.05) is 11.8 Å². The van der Waals surface area contributed by atoms with Crippen molar-refractivity contribution in [1.29, 1.82) is 0 Å². The van der Waals surface area contributed by atoms with Gasteiger partial charge in [-0.2, -0.15) is 0 Å². The molecule has 0 saturated heterocycles. The predicted molar refractivity (Wildman–Crippen MR) is 115 cm³/mol. The third-order valence-corrected chi connectivity index (χ3v) is 5.62. The van der Waals surface area contributed by atoms with Gasteiger partial charge >= 0.3 is 0 Å². The van der Waals surface area contributed by atoms with Crippen molar-refractivity contribution >= 4 is 35.0 Å². The van der Waals surface area contributed by atoms with Crippen molar-refractivity contribution in [2.75, 3.05) is 12.0 Å². The molecule has 0 aromatic heterocycles. The maximum absolute atomic E-state index is 12.6. The Kier molecular flexibility index (Phi) is 5.50. The highest BCUT2D eigenvalue weighted by Crippen LogP contribution is 2.30. The van der Waals surface area contributed by atoms with Gasteiger partial charge in [0.05, 0.1) is 12.8 Å². The van der Waals surface area contributed by atoms with E-state index in [1.165, 1.54) is 23.9 Å². The van der Waals surface area contributed by atoms with Crippen molar-refractivity contribution < 1.29 is 19.1 Å². The summed E-state index contributed by atoms with van der Waals surface area (Å²) < 4.78 is 5.12. The van der Waals surface area contributed by atoms with Crippen molar-refractivity contribution in [3.63, 3.8) is 0 Å². The summed E-state index contributed by atoms with van der Waals surface area (Å²) in [7, 11) is 1.59. The first-order valence-electron chi connectivity index (χ1n) is 9.18. The molecule has 0 unspecified atom stereocenters. The molecule has 1 aliphatic heterocycles. The third kappa shape index (κ3) is 4.04. The molecular weight excluding hydrogens is 398 g/mol. The van der Waals surface area contributed by atoms with Crippen LogP contribution in [0.15, 0.2) is 94.7 Å². The van der Waals surface area contributed by atoms with Gasteiger partial charge in [-0.3, -0.25) is 14.4 Å². The topological polar surface area (TPSA) is 63.7 Å². The summed E-state index contributed by atoms with van der Waals surface area (Å²) >= 11 is 1.53. The number of ether oxygens (including phenoxy) is 1. The molecule has 0 aliphatic carbocycles. The molecule has 0 atom stereocenters. The van der Waals surface area contributed by atoms with Crippen LogP contribution in [-0.2, 0) is 9.59 Å². The van der Waals surface area contributed by atoms with E-state index in [2.05, 4.69) is 0 Å². The van der Waals surface area contributed by atoms with E-state index >= 15 is 0 Å². The van der Waals surface area contributed by atoms with E-state index in [0.717, 1.165) is 14.7 Å². The number of carbonyl (C=O) groups excluding carboxylic acids is 3. The number of imide groups is 1. The van der Waals surface area contributed by atoms with Gasteiger partial charge in [0.15, 0.2) is 5.78 Å². The molecule has 6 heteroatoms. The quantitative estimate of drug-likeness (QED) is 0.438. The molecule has 3 aromatic rings. The van der Waals surface area contributed by atoms with Gasteiger partial charge in [-0.15, -0.1) is 0 Å². The number of hydrogen-bond donors (Lipinski definition) is 0. The minimum atomic E-state index is -0.336. The fourth-order valence-corrected chi connectivity index (χ4v) is 3.85. The first-order valence-corrected chi connectivity index (χ1v) is 10.00. The van der Waals surface area contributed by atoms with Crippen molar-refractivity contribution in [3.05, 3.63) is 96.1 Å². The Morgan fingerprint density at radius 2 is 1.20 bits per heavy atom. The molecule has 0 saturated carbocycles. The molecular formula is C24H17NO4S. The van der Waals surface area contributed by atoms with Crippen LogP contribution in [0.3, 0.4) is 0 Å². The molecule has 0 radical (unpaired) electrons. The number of methoxy groups -OCH3 is 1. The molecule has 2 amide bonds. The first kappa shape index (κ1) is 19.7. The molecule has 3 aromatic carbocycles. The van der Waals surface area contributed by atoms with E-state index < -0.39 is 0 Å². The Morgan fingerprint density at radius 3 is 1.70 bits per heavy atom. The number of amides is 2. The van der Waals surface area contributed by atoms with Crippen molar-refractivity contribution in [2.24, 2.45) is 0 Å². The Hall–Kier alpha value is -3.64. The minimum Gasteiger partial charge on any atom is -0.497 e. The summed E-state index contributed by atoms with van der Waals surface area (Å²) in [6.07, 6.45) is 2.53. The zero-order valence-electron chi connectivity index (χ0n) is 16.1. The average molecular weight is 415 g/mol. The Morgan fingerprint density at radius 1 is 0.733 bits per heavy atom. The molecule has 1 heterocycles. The number of ketones is 1. The van der Waals surface area contributed by atoms with Crippen molar-refractivity contribution in [2.45, 2.75) is 9.79 Å². The smallest absolute Gasteiger partial charge is 0.258 e. The third-order valence-electron chi connectivity index (χ3n) is 4.61. The largest absolute Gasteiger partial charge is 0.497 e. The van der Waals surface area contributed by atoms with Crippen LogP contribution >= 0.6 is 11.8 Å². The minimum absolute atomic E-state index is 0.0490. The van der Waals surface area contributed by atoms with Gasteiger partial charge in [0.25, 0.3) is 11.8 Å². The summed E-state index contributed by atoms with van der Waals surface area (Å²) in [5, 5.41) is 0. The van der Waals surface area contributed by atoms with Crippen LogP contribution in [0.5, 0.6) is 5.75 Å². The average Bonchev–Trinajstić information content (AvgIpc) is 3.12. The highest BCUT2D eigenvalue weighted by molar-refractivity contribution is 7.99. The van der Waals surface area contributed by atoms with Gasteiger partial charge in [0.1, 0.15) is 5.75 Å². The lowest BCUT2D eigenvalue weighted by atomic mass is 10.0. The van der Waals surface area contributed by atoms with E-state index in [-0.39, 0.29) is 17.6 Å². The number of nitrogens with zero attached hydrogens (tertiary/aromatic N) is 1. The number of rotatable bonds is 6. The lowest BCUT2D eigenvalue weighted by Gasteiger charge is -2.14. The van der Waals surface area contributed by atoms with Crippen LogP contribution in [0.1, 0.15) is 15.9 Å². The molecule has 1 aliphatic rings. The van der Waals surface area contributed by atoms with E-state index in [1.54, 1.807) is 55.6 Å². The molecule has 0 spiro atoms. The molecule has 5 nitrogen and oxygen atoms in total. The maximum atomic E-state index is 12.6. The second-order valence-electron chi connectivity index (χ2n) is 6.52. The van der Waals surface area contributed by atoms with Gasteiger partial charge in [0.2, 0.25) is 0 Å². The second-order valence-corrected chi connectivity index (χ2v) is 7.67. The van der Waals surface area contributed by atoms with Gasteiger partial charge in [0, 0.05) is 33.1 Å². The number of hydrogen-bond acceptors (Lipinski definition) is 5. The lowest BCUT2D eigenvalue weighted by Crippen LogP contribution is -2.29. The summed E-state index contributed by atoms with van der Waals surface area (Å²) in [5.74, 6) is -0.0128. The van der Waals surface area contributed by atoms with Gasteiger partial charge < -0.3 is 4.74 Å². The SMILES string of the molecule is COc1ccc(C(=O)c2ccc(Sc3ccc(N4C(=O)C=CC4=O)cc3)cc2)cc1. The van der Waals surface area contributed by atoms with E-state index in [1.807, 2.05) is 24.3 Å². The van der Waals surface area contributed by atoms with Gasteiger partial charge in [-0.25, -0.2) is 4.90 Å². The molecule has 4 rings (SSSR count). The fraction of sp³-hybridized carbons (Fsp3) is 0.0417. The van der Waals surface area contributed by atoms with E-state index in [0.29, 0.717) is 22.6 Å². The maximum Gasteiger partial charge on any atom is 0.258 e. The summed E-state index contributed by atoms with van der Waals surface area (Å²) in [5.41, 5.74) is 1.76. The number of benzene rings is 3. The molecule has 0 bridgehead atoms.